The van der Waals surface area contributed by atoms with Gasteiger partial charge in [0.2, 0.25) is 5.91 Å². The minimum atomic E-state index is -0.543. The predicted molar refractivity (Wildman–Crippen MR) is 106 cm³/mol. The average Bonchev–Trinajstić information content (AvgIpc) is 3.31. The summed E-state index contributed by atoms with van der Waals surface area (Å²) in [5.74, 6) is 1.09. The summed E-state index contributed by atoms with van der Waals surface area (Å²) in [4.78, 5) is 15.6. The van der Waals surface area contributed by atoms with E-state index in [1.54, 1.807) is 23.5 Å². The summed E-state index contributed by atoms with van der Waals surface area (Å²) in [6.07, 6.45) is 0.582. The second-order valence-corrected chi connectivity index (χ2v) is 8.75. The molecular formula is C21H25FN2O3S. The second kappa shape index (κ2) is 8.59. The van der Waals surface area contributed by atoms with Crippen LogP contribution in [0.4, 0.5) is 4.39 Å². The Kier molecular flexibility index (Phi) is 5.94. The molecule has 4 rings (SSSR count). The maximum Gasteiger partial charge on any atom is 0.234 e. The molecule has 4 atom stereocenters. The van der Waals surface area contributed by atoms with Gasteiger partial charge in [-0.15, -0.1) is 11.3 Å². The molecule has 7 heteroatoms. The molecule has 2 heterocycles. The number of carbonyl (C=O) groups is 1. The van der Waals surface area contributed by atoms with Crippen molar-refractivity contribution >= 4 is 17.2 Å². The largest absolute Gasteiger partial charge is 0.488 e. The van der Waals surface area contributed by atoms with Crippen molar-refractivity contribution in [1.82, 2.24) is 10.2 Å². The lowest BCUT2D eigenvalue weighted by atomic mass is 9.78. The van der Waals surface area contributed by atoms with E-state index in [-0.39, 0.29) is 17.8 Å². The first kappa shape index (κ1) is 19.4. The summed E-state index contributed by atoms with van der Waals surface area (Å²) in [5, 5.41) is 15.5. The molecule has 1 aromatic heterocycles. The van der Waals surface area contributed by atoms with Gasteiger partial charge in [0.05, 0.1) is 19.2 Å². The number of benzene rings is 1. The molecule has 2 N–H and O–H groups in total. The lowest BCUT2D eigenvalue weighted by Gasteiger charge is -2.35. The molecule has 0 spiro atoms. The van der Waals surface area contributed by atoms with Crippen LogP contribution in [0.3, 0.4) is 0 Å². The number of carbonyl (C=O) groups excluding carboxylic acids is 1. The number of ether oxygens (including phenoxy) is 1. The van der Waals surface area contributed by atoms with Gasteiger partial charge < -0.3 is 15.2 Å². The Morgan fingerprint density at radius 1 is 1.21 bits per heavy atom. The number of thiophene rings is 1. The standard InChI is InChI=1S/C21H25FN2O3S/c22-16-3-5-17(6-4-16)27-20-9-15-12-24(11-14(15)8-19(20)25)13-21(26)23-10-18-2-1-7-28-18/h1-7,14-15,19-20,25H,8-13H2,(H,23,26)/t14-,15+,19+,20+/m0/s1. The summed E-state index contributed by atoms with van der Waals surface area (Å²) in [7, 11) is 0. The normalized spacial score (nSPS) is 27.4. The highest BCUT2D eigenvalue weighted by molar-refractivity contribution is 7.09. The van der Waals surface area contributed by atoms with Crippen LogP contribution in [-0.2, 0) is 11.3 Å². The zero-order valence-electron chi connectivity index (χ0n) is 15.6. The van der Waals surface area contributed by atoms with Crippen LogP contribution in [0.25, 0.3) is 0 Å². The van der Waals surface area contributed by atoms with Gasteiger partial charge in [0.1, 0.15) is 17.7 Å². The van der Waals surface area contributed by atoms with Gasteiger partial charge in [0.15, 0.2) is 0 Å². The fourth-order valence-corrected chi connectivity index (χ4v) is 4.93. The van der Waals surface area contributed by atoms with Crippen LogP contribution in [0.15, 0.2) is 41.8 Å². The molecule has 5 nitrogen and oxygen atoms in total. The average molecular weight is 405 g/mol. The van der Waals surface area contributed by atoms with E-state index in [0.29, 0.717) is 37.1 Å². The van der Waals surface area contributed by atoms with E-state index in [4.69, 9.17) is 4.74 Å². The molecule has 2 aromatic rings. The van der Waals surface area contributed by atoms with Crippen molar-refractivity contribution in [3.63, 3.8) is 0 Å². The molecule has 1 saturated carbocycles. The molecule has 1 aromatic carbocycles. The number of fused-ring (bicyclic) bond motifs is 1. The van der Waals surface area contributed by atoms with Crippen LogP contribution in [0.5, 0.6) is 5.75 Å². The van der Waals surface area contributed by atoms with E-state index in [1.165, 1.54) is 12.1 Å². The van der Waals surface area contributed by atoms with Gasteiger partial charge in [0.25, 0.3) is 0 Å². The van der Waals surface area contributed by atoms with Crippen molar-refractivity contribution in [3.8, 4) is 5.75 Å². The Morgan fingerprint density at radius 2 is 1.96 bits per heavy atom. The van der Waals surface area contributed by atoms with Gasteiger partial charge in [-0.25, -0.2) is 4.39 Å². The molecule has 1 aliphatic heterocycles. The zero-order valence-corrected chi connectivity index (χ0v) is 16.4. The molecular weight excluding hydrogens is 379 g/mol. The highest BCUT2D eigenvalue weighted by Gasteiger charge is 2.42. The van der Waals surface area contributed by atoms with E-state index in [1.807, 2.05) is 17.5 Å². The second-order valence-electron chi connectivity index (χ2n) is 7.72. The number of hydrogen-bond acceptors (Lipinski definition) is 5. The first-order valence-electron chi connectivity index (χ1n) is 9.68. The lowest BCUT2D eigenvalue weighted by molar-refractivity contribution is -0.122. The number of nitrogens with zero attached hydrogens (tertiary/aromatic N) is 1. The van der Waals surface area contributed by atoms with Crippen molar-refractivity contribution < 1.29 is 19.0 Å². The fourth-order valence-electron chi connectivity index (χ4n) is 4.29. The third-order valence-electron chi connectivity index (χ3n) is 5.67. The molecule has 150 valence electrons. The SMILES string of the molecule is O=C(CN1C[C@H]2C[C@@H](Oc3ccc(F)cc3)[C@H](O)C[C@H]2C1)NCc1cccs1. The van der Waals surface area contributed by atoms with Crippen LogP contribution in [0, 0.1) is 17.7 Å². The van der Waals surface area contributed by atoms with Gasteiger partial charge in [-0.1, -0.05) is 6.07 Å². The maximum atomic E-state index is 13.1. The summed E-state index contributed by atoms with van der Waals surface area (Å²) < 4.78 is 19.0. The van der Waals surface area contributed by atoms with Gasteiger partial charge in [0, 0.05) is 18.0 Å². The molecule has 28 heavy (non-hydrogen) atoms. The highest BCUT2D eigenvalue weighted by atomic mass is 32.1. The van der Waals surface area contributed by atoms with Crippen molar-refractivity contribution in [2.24, 2.45) is 11.8 Å². The van der Waals surface area contributed by atoms with Crippen LogP contribution in [0.2, 0.25) is 0 Å². The van der Waals surface area contributed by atoms with Crippen LogP contribution in [-0.4, -0.2) is 47.8 Å². The summed E-state index contributed by atoms with van der Waals surface area (Å²) in [5.41, 5.74) is 0. The minimum Gasteiger partial charge on any atom is -0.488 e. The Morgan fingerprint density at radius 3 is 2.68 bits per heavy atom. The van der Waals surface area contributed by atoms with Crippen LogP contribution < -0.4 is 10.1 Å². The van der Waals surface area contributed by atoms with Crippen molar-refractivity contribution in [2.45, 2.75) is 31.6 Å². The van der Waals surface area contributed by atoms with E-state index in [9.17, 15) is 14.3 Å². The summed E-state index contributed by atoms with van der Waals surface area (Å²) in [6, 6.07) is 9.89. The lowest BCUT2D eigenvalue weighted by Crippen LogP contribution is -2.42. The van der Waals surface area contributed by atoms with Gasteiger partial charge >= 0.3 is 0 Å². The topological polar surface area (TPSA) is 61.8 Å². The molecule has 2 aliphatic rings. The van der Waals surface area contributed by atoms with Gasteiger partial charge in [-0.05, 0) is 60.4 Å². The number of aliphatic hydroxyl groups is 1. The number of rotatable bonds is 6. The van der Waals surface area contributed by atoms with E-state index in [0.717, 1.165) is 24.4 Å². The number of nitrogens with one attached hydrogen (secondary N) is 1. The van der Waals surface area contributed by atoms with Crippen molar-refractivity contribution in [1.29, 1.82) is 0 Å². The quantitative estimate of drug-likeness (QED) is 0.777. The Hall–Kier alpha value is -1.96. The minimum absolute atomic E-state index is 0.0340. The maximum absolute atomic E-state index is 13.1. The number of halogens is 1. The monoisotopic (exact) mass is 404 g/mol. The third kappa shape index (κ3) is 4.71. The van der Waals surface area contributed by atoms with E-state index >= 15 is 0 Å². The Balaban J connectivity index is 1.27. The first-order valence-corrected chi connectivity index (χ1v) is 10.6. The van der Waals surface area contributed by atoms with Crippen LogP contribution >= 0.6 is 11.3 Å². The molecule has 0 bridgehead atoms. The summed E-state index contributed by atoms with van der Waals surface area (Å²) >= 11 is 1.63. The van der Waals surface area contributed by atoms with Gasteiger partial charge in [-0.3, -0.25) is 9.69 Å². The Bertz CT molecular complexity index is 783. The first-order chi connectivity index (χ1) is 13.6. The van der Waals surface area contributed by atoms with E-state index in [2.05, 4.69) is 10.2 Å². The van der Waals surface area contributed by atoms with Crippen molar-refractivity contribution in [3.05, 3.63) is 52.5 Å². The molecule has 1 aliphatic carbocycles. The highest BCUT2D eigenvalue weighted by Crippen LogP contribution is 2.37. The fraction of sp³-hybridized carbons (Fsp3) is 0.476. The smallest absolute Gasteiger partial charge is 0.234 e. The zero-order chi connectivity index (χ0) is 19.5. The number of aliphatic hydroxyl groups excluding tert-OH is 1. The molecule has 1 saturated heterocycles. The molecule has 0 radical (unpaired) electrons. The molecule has 0 unspecified atom stereocenters. The predicted octanol–water partition coefficient (Wildman–Crippen LogP) is 2.65. The molecule has 2 fully saturated rings. The number of hydrogen-bond donors (Lipinski definition) is 2. The van der Waals surface area contributed by atoms with Gasteiger partial charge in [-0.2, -0.15) is 0 Å². The number of amides is 1. The summed E-state index contributed by atoms with van der Waals surface area (Å²) in [6.45, 7) is 2.63. The number of likely N-dealkylation sites (tertiary alicyclic amines) is 1. The third-order valence-corrected chi connectivity index (χ3v) is 6.55. The van der Waals surface area contributed by atoms with E-state index < -0.39 is 6.10 Å². The molecule has 1 amide bonds. The van der Waals surface area contributed by atoms with Crippen molar-refractivity contribution in [2.75, 3.05) is 19.6 Å². The van der Waals surface area contributed by atoms with Crippen LogP contribution in [0.1, 0.15) is 17.7 Å². The Labute approximate surface area is 168 Å².